The monoisotopic (exact) mass is 330 g/mol. The van der Waals surface area contributed by atoms with Gasteiger partial charge >= 0.3 is 0 Å². The first kappa shape index (κ1) is 12.7. The van der Waals surface area contributed by atoms with Gasteiger partial charge < -0.3 is 5.32 Å². The molecule has 0 saturated heterocycles. The maximum absolute atomic E-state index is 6.09. The zero-order valence-corrected chi connectivity index (χ0v) is 12.1. The molecule has 1 heterocycles. The molecule has 2 rings (SSSR count). The Bertz CT molecular complexity index is 558. The summed E-state index contributed by atoms with van der Waals surface area (Å²) in [5, 5.41) is 4.14. The van der Waals surface area contributed by atoms with E-state index >= 15 is 0 Å². The largest absolute Gasteiger partial charge is 0.338 e. The van der Waals surface area contributed by atoms with Gasteiger partial charge in [0.1, 0.15) is 5.82 Å². The average molecular weight is 332 g/mol. The molecule has 2 aromatic rings. The van der Waals surface area contributed by atoms with E-state index in [1.165, 1.54) is 0 Å². The fraction of sp³-hybridized carbons (Fsp3) is 0.0833. The fourth-order valence-electron chi connectivity index (χ4n) is 1.35. The highest BCUT2D eigenvalue weighted by Gasteiger charge is 2.07. The predicted octanol–water partition coefficient (Wildman–Crippen LogP) is 5.20. The summed E-state index contributed by atoms with van der Waals surface area (Å²) in [6.45, 7) is 1.98. The smallest absolute Gasteiger partial charge is 0.144 e. The summed E-state index contributed by atoms with van der Waals surface area (Å²) in [6, 6.07) is 7.40. The lowest BCUT2D eigenvalue weighted by atomic mass is 10.3. The van der Waals surface area contributed by atoms with Crippen molar-refractivity contribution in [2.75, 3.05) is 5.32 Å². The van der Waals surface area contributed by atoms with Gasteiger partial charge in [-0.15, -0.1) is 0 Å². The number of aryl methyl sites for hydroxylation is 1. The standard InChI is InChI=1S/C12H9BrCl2N2/c1-7-5-8(13)12(16-6-7)17-10-4-2-3-9(14)11(10)15/h2-6H,1H3,(H,16,17). The summed E-state index contributed by atoms with van der Waals surface area (Å²) in [4.78, 5) is 4.28. The summed E-state index contributed by atoms with van der Waals surface area (Å²) in [5.41, 5.74) is 1.82. The highest BCUT2D eigenvalue weighted by Crippen LogP contribution is 2.33. The van der Waals surface area contributed by atoms with Crippen LogP contribution in [0.5, 0.6) is 0 Å². The lowest BCUT2D eigenvalue weighted by molar-refractivity contribution is 1.24. The van der Waals surface area contributed by atoms with Crippen LogP contribution in [0.4, 0.5) is 11.5 Å². The molecule has 5 heteroatoms. The molecule has 0 aliphatic rings. The Kier molecular flexibility index (Phi) is 3.92. The predicted molar refractivity (Wildman–Crippen MR) is 76.4 cm³/mol. The van der Waals surface area contributed by atoms with E-state index in [1.807, 2.05) is 25.1 Å². The second-order valence-electron chi connectivity index (χ2n) is 3.57. The van der Waals surface area contributed by atoms with Gasteiger partial charge in [0.25, 0.3) is 0 Å². The van der Waals surface area contributed by atoms with Crippen molar-refractivity contribution in [3.05, 3.63) is 50.5 Å². The van der Waals surface area contributed by atoms with Crippen molar-refractivity contribution in [2.24, 2.45) is 0 Å². The maximum atomic E-state index is 6.09. The first-order chi connectivity index (χ1) is 8.08. The van der Waals surface area contributed by atoms with Gasteiger partial charge in [0.2, 0.25) is 0 Å². The number of hydrogen-bond acceptors (Lipinski definition) is 2. The molecule has 1 aromatic carbocycles. The molecule has 0 unspecified atom stereocenters. The molecule has 0 bridgehead atoms. The van der Waals surface area contributed by atoms with Crippen LogP contribution in [0.2, 0.25) is 10.0 Å². The molecule has 0 radical (unpaired) electrons. The van der Waals surface area contributed by atoms with Gasteiger partial charge in [-0.25, -0.2) is 4.98 Å². The summed E-state index contributed by atoms with van der Waals surface area (Å²) >= 11 is 15.5. The van der Waals surface area contributed by atoms with Crippen LogP contribution in [-0.4, -0.2) is 4.98 Å². The summed E-state index contributed by atoms with van der Waals surface area (Å²) in [7, 11) is 0. The van der Waals surface area contributed by atoms with E-state index in [2.05, 4.69) is 26.2 Å². The van der Waals surface area contributed by atoms with E-state index in [4.69, 9.17) is 23.2 Å². The summed E-state index contributed by atoms with van der Waals surface area (Å²) in [6.07, 6.45) is 1.78. The summed E-state index contributed by atoms with van der Waals surface area (Å²) in [5.74, 6) is 0.708. The number of anilines is 2. The van der Waals surface area contributed by atoms with Crippen molar-refractivity contribution in [3.8, 4) is 0 Å². The number of halogens is 3. The van der Waals surface area contributed by atoms with Crippen LogP contribution in [0.15, 0.2) is 34.9 Å². The molecule has 0 aliphatic carbocycles. The van der Waals surface area contributed by atoms with Gasteiger partial charge in [0.15, 0.2) is 0 Å². The quantitative estimate of drug-likeness (QED) is 0.817. The Labute approximate surface area is 118 Å². The summed E-state index contributed by atoms with van der Waals surface area (Å²) < 4.78 is 0.883. The van der Waals surface area contributed by atoms with E-state index in [0.717, 1.165) is 15.7 Å². The minimum atomic E-state index is 0.489. The van der Waals surface area contributed by atoms with Crippen LogP contribution in [0.1, 0.15) is 5.56 Å². The molecule has 0 amide bonds. The molecule has 0 aliphatic heterocycles. The van der Waals surface area contributed by atoms with Crippen molar-refractivity contribution in [2.45, 2.75) is 6.92 Å². The molecule has 0 atom stereocenters. The number of aromatic nitrogens is 1. The minimum absolute atomic E-state index is 0.489. The fourth-order valence-corrected chi connectivity index (χ4v) is 2.26. The molecule has 0 saturated carbocycles. The molecular weight excluding hydrogens is 323 g/mol. The van der Waals surface area contributed by atoms with Crippen LogP contribution in [0, 0.1) is 6.92 Å². The normalized spacial score (nSPS) is 10.4. The lowest BCUT2D eigenvalue weighted by Crippen LogP contribution is -1.96. The van der Waals surface area contributed by atoms with Crippen LogP contribution in [0.25, 0.3) is 0 Å². The molecule has 17 heavy (non-hydrogen) atoms. The van der Waals surface area contributed by atoms with Crippen molar-refractivity contribution in [1.29, 1.82) is 0 Å². The van der Waals surface area contributed by atoms with Crippen LogP contribution in [0.3, 0.4) is 0 Å². The first-order valence-electron chi connectivity index (χ1n) is 4.91. The van der Waals surface area contributed by atoms with Crippen LogP contribution in [-0.2, 0) is 0 Å². The van der Waals surface area contributed by atoms with E-state index in [9.17, 15) is 0 Å². The van der Waals surface area contributed by atoms with Crippen LogP contribution >= 0.6 is 39.1 Å². The minimum Gasteiger partial charge on any atom is -0.338 e. The average Bonchev–Trinajstić information content (AvgIpc) is 2.28. The van der Waals surface area contributed by atoms with Gasteiger partial charge in [0.05, 0.1) is 20.2 Å². The van der Waals surface area contributed by atoms with Crippen LogP contribution < -0.4 is 5.32 Å². The number of nitrogens with one attached hydrogen (secondary N) is 1. The zero-order valence-electron chi connectivity index (χ0n) is 8.97. The third-order valence-corrected chi connectivity index (χ3v) is 3.61. The maximum Gasteiger partial charge on any atom is 0.144 e. The molecule has 1 aromatic heterocycles. The lowest BCUT2D eigenvalue weighted by Gasteiger charge is -2.10. The molecule has 88 valence electrons. The number of hydrogen-bond donors (Lipinski definition) is 1. The number of benzene rings is 1. The van der Waals surface area contributed by atoms with E-state index in [1.54, 1.807) is 12.3 Å². The molecule has 0 fully saturated rings. The Morgan fingerprint density at radius 2 is 2.06 bits per heavy atom. The zero-order chi connectivity index (χ0) is 12.4. The van der Waals surface area contributed by atoms with Gasteiger partial charge in [-0.2, -0.15) is 0 Å². The Morgan fingerprint density at radius 3 is 2.76 bits per heavy atom. The van der Waals surface area contributed by atoms with Crippen molar-refractivity contribution < 1.29 is 0 Å². The SMILES string of the molecule is Cc1cnc(Nc2cccc(Cl)c2Cl)c(Br)c1. The second kappa shape index (κ2) is 5.25. The third kappa shape index (κ3) is 2.92. The topological polar surface area (TPSA) is 24.9 Å². The Hall–Kier alpha value is -0.770. The highest BCUT2D eigenvalue weighted by molar-refractivity contribution is 9.10. The Balaban J connectivity index is 2.35. The van der Waals surface area contributed by atoms with E-state index in [0.29, 0.717) is 15.9 Å². The number of nitrogens with zero attached hydrogens (tertiary/aromatic N) is 1. The molecular formula is C12H9BrCl2N2. The number of rotatable bonds is 2. The first-order valence-corrected chi connectivity index (χ1v) is 6.46. The second-order valence-corrected chi connectivity index (χ2v) is 5.21. The van der Waals surface area contributed by atoms with Gasteiger partial charge in [0, 0.05) is 6.20 Å². The molecule has 2 nitrogen and oxygen atoms in total. The van der Waals surface area contributed by atoms with Gasteiger partial charge in [-0.1, -0.05) is 29.3 Å². The van der Waals surface area contributed by atoms with Crippen molar-refractivity contribution in [1.82, 2.24) is 4.98 Å². The van der Waals surface area contributed by atoms with E-state index in [-0.39, 0.29) is 0 Å². The molecule has 0 spiro atoms. The van der Waals surface area contributed by atoms with E-state index < -0.39 is 0 Å². The number of pyridine rings is 1. The molecule has 1 N–H and O–H groups in total. The Morgan fingerprint density at radius 1 is 1.29 bits per heavy atom. The third-order valence-electron chi connectivity index (χ3n) is 2.18. The van der Waals surface area contributed by atoms with Gasteiger partial charge in [-0.3, -0.25) is 0 Å². The van der Waals surface area contributed by atoms with Crippen molar-refractivity contribution >= 4 is 50.6 Å². The van der Waals surface area contributed by atoms with Gasteiger partial charge in [-0.05, 0) is 46.6 Å². The highest BCUT2D eigenvalue weighted by atomic mass is 79.9. The van der Waals surface area contributed by atoms with Crippen molar-refractivity contribution in [3.63, 3.8) is 0 Å².